The minimum absolute atomic E-state index is 0.0846. The molecule has 12 nitrogen and oxygen atoms in total. The second kappa shape index (κ2) is 13.0. The van der Waals surface area contributed by atoms with Crippen LogP contribution in [-0.2, 0) is 30.4 Å². The SMILES string of the molecule is CC(NC(=O)C(Cc1ccccc1)NC(=O)C(N)CO)C(=O)NC(CCC(N)=O)C(=O)O. The molecular formula is C20H29N5O7. The highest BCUT2D eigenvalue weighted by atomic mass is 16.4. The van der Waals surface area contributed by atoms with Gasteiger partial charge >= 0.3 is 5.97 Å². The van der Waals surface area contributed by atoms with Gasteiger partial charge in [0.25, 0.3) is 0 Å². The van der Waals surface area contributed by atoms with Gasteiger partial charge in [0.05, 0.1) is 6.61 Å². The summed E-state index contributed by atoms with van der Waals surface area (Å²) in [5.74, 6) is -4.33. The fourth-order valence-electron chi connectivity index (χ4n) is 2.64. The van der Waals surface area contributed by atoms with Crippen LogP contribution in [0.25, 0.3) is 0 Å². The monoisotopic (exact) mass is 451 g/mol. The Bertz CT molecular complexity index is 818. The first-order valence-electron chi connectivity index (χ1n) is 9.87. The number of amides is 4. The summed E-state index contributed by atoms with van der Waals surface area (Å²) in [6, 6.07) is 3.90. The number of carboxylic acid groups (broad SMARTS) is 1. The summed E-state index contributed by atoms with van der Waals surface area (Å²) in [7, 11) is 0. The van der Waals surface area contributed by atoms with E-state index in [1.54, 1.807) is 30.3 Å². The average molecular weight is 451 g/mol. The van der Waals surface area contributed by atoms with Gasteiger partial charge in [-0.15, -0.1) is 0 Å². The van der Waals surface area contributed by atoms with Gasteiger partial charge in [0.1, 0.15) is 24.2 Å². The molecule has 0 spiro atoms. The molecule has 0 aromatic heterocycles. The molecule has 4 atom stereocenters. The zero-order valence-corrected chi connectivity index (χ0v) is 17.6. The second-order valence-electron chi connectivity index (χ2n) is 7.17. The van der Waals surface area contributed by atoms with Crippen LogP contribution in [0.1, 0.15) is 25.3 Å². The fraction of sp³-hybridized carbons (Fsp3) is 0.450. The molecule has 1 aromatic carbocycles. The first kappa shape index (κ1) is 26.5. The highest BCUT2D eigenvalue weighted by Gasteiger charge is 2.28. The van der Waals surface area contributed by atoms with Gasteiger partial charge in [-0.25, -0.2) is 4.79 Å². The van der Waals surface area contributed by atoms with Crippen LogP contribution in [0.2, 0.25) is 0 Å². The number of aliphatic hydroxyl groups excluding tert-OH is 1. The van der Waals surface area contributed by atoms with Crippen molar-refractivity contribution < 1.29 is 34.2 Å². The Balaban J connectivity index is 2.85. The number of nitrogens with two attached hydrogens (primary N) is 2. The molecule has 32 heavy (non-hydrogen) atoms. The molecule has 0 aliphatic rings. The number of carbonyl (C=O) groups excluding carboxylic acids is 4. The Morgan fingerprint density at radius 3 is 2.06 bits per heavy atom. The van der Waals surface area contributed by atoms with E-state index in [0.29, 0.717) is 0 Å². The molecule has 4 amide bonds. The molecule has 0 bridgehead atoms. The van der Waals surface area contributed by atoms with E-state index in [1.807, 2.05) is 0 Å². The number of nitrogens with one attached hydrogen (secondary N) is 3. The largest absolute Gasteiger partial charge is 0.480 e. The van der Waals surface area contributed by atoms with E-state index in [2.05, 4.69) is 16.0 Å². The first-order valence-corrected chi connectivity index (χ1v) is 9.87. The van der Waals surface area contributed by atoms with Gasteiger partial charge in [-0.05, 0) is 18.9 Å². The first-order chi connectivity index (χ1) is 15.0. The Hall–Kier alpha value is -3.51. The number of aliphatic hydroxyl groups is 1. The molecule has 176 valence electrons. The molecule has 0 aliphatic carbocycles. The van der Waals surface area contributed by atoms with Crippen molar-refractivity contribution in [3.8, 4) is 0 Å². The molecule has 1 rings (SSSR count). The molecule has 0 saturated carbocycles. The highest BCUT2D eigenvalue weighted by molar-refractivity contribution is 5.94. The van der Waals surface area contributed by atoms with Gasteiger partial charge < -0.3 is 37.6 Å². The van der Waals surface area contributed by atoms with Crippen molar-refractivity contribution in [3.05, 3.63) is 35.9 Å². The molecule has 1 aromatic rings. The molecule has 0 radical (unpaired) electrons. The molecule has 0 aliphatic heterocycles. The summed E-state index contributed by atoms with van der Waals surface area (Å²) in [6.07, 6.45) is -0.363. The van der Waals surface area contributed by atoms with E-state index in [4.69, 9.17) is 16.6 Å². The van der Waals surface area contributed by atoms with Crippen molar-refractivity contribution in [3.63, 3.8) is 0 Å². The Morgan fingerprint density at radius 2 is 1.53 bits per heavy atom. The number of rotatable bonds is 13. The Kier molecular flexibility index (Phi) is 10.8. The third kappa shape index (κ3) is 9.10. The topological polar surface area (TPSA) is 214 Å². The smallest absolute Gasteiger partial charge is 0.326 e. The fourth-order valence-corrected chi connectivity index (χ4v) is 2.64. The van der Waals surface area contributed by atoms with Gasteiger partial charge in [-0.1, -0.05) is 30.3 Å². The summed E-state index contributed by atoms with van der Waals surface area (Å²) < 4.78 is 0. The molecular weight excluding hydrogens is 422 g/mol. The van der Waals surface area contributed by atoms with E-state index < -0.39 is 60.4 Å². The molecule has 12 heteroatoms. The maximum atomic E-state index is 12.8. The van der Waals surface area contributed by atoms with Crippen molar-refractivity contribution in [2.24, 2.45) is 11.5 Å². The predicted octanol–water partition coefficient (Wildman–Crippen LogP) is -2.63. The van der Waals surface area contributed by atoms with E-state index in [0.717, 1.165) is 5.56 Å². The van der Waals surface area contributed by atoms with E-state index >= 15 is 0 Å². The minimum atomic E-state index is -1.36. The molecule has 0 fully saturated rings. The van der Waals surface area contributed by atoms with Gasteiger partial charge in [0.15, 0.2) is 0 Å². The quantitative estimate of drug-likeness (QED) is 0.168. The van der Waals surface area contributed by atoms with Crippen LogP contribution in [-0.4, -0.2) is 70.6 Å². The van der Waals surface area contributed by atoms with Gasteiger partial charge in [0.2, 0.25) is 23.6 Å². The van der Waals surface area contributed by atoms with E-state index in [1.165, 1.54) is 6.92 Å². The standard InChI is InChI=1S/C20H29N5O7/c1-11(17(28)24-14(20(31)32)7-8-16(22)27)23-19(30)15(25-18(29)13(21)10-26)9-12-5-3-2-4-6-12/h2-6,11,13-15,26H,7-10,21H2,1H3,(H2,22,27)(H,23,30)(H,24,28)(H,25,29)(H,31,32). The van der Waals surface area contributed by atoms with Gasteiger partial charge in [-0.2, -0.15) is 0 Å². The van der Waals surface area contributed by atoms with Crippen LogP contribution < -0.4 is 27.4 Å². The maximum Gasteiger partial charge on any atom is 0.326 e. The van der Waals surface area contributed by atoms with E-state index in [-0.39, 0.29) is 19.3 Å². The van der Waals surface area contributed by atoms with Crippen molar-refractivity contribution in [2.75, 3.05) is 6.61 Å². The highest BCUT2D eigenvalue weighted by Crippen LogP contribution is 2.05. The summed E-state index contributed by atoms with van der Waals surface area (Å²) >= 11 is 0. The third-order valence-corrected chi connectivity index (χ3v) is 4.50. The molecule has 4 unspecified atom stereocenters. The van der Waals surface area contributed by atoms with Crippen LogP contribution in [0.4, 0.5) is 0 Å². The molecule has 9 N–H and O–H groups in total. The number of primary amides is 1. The number of aliphatic carboxylic acids is 1. The van der Waals surface area contributed by atoms with Crippen molar-refractivity contribution in [1.29, 1.82) is 0 Å². The second-order valence-corrected chi connectivity index (χ2v) is 7.17. The van der Waals surface area contributed by atoms with Crippen LogP contribution in [0.3, 0.4) is 0 Å². The summed E-state index contributed by atoms with van der Waals surface area (Å²) in [5, 5.41) is 25.3. The van der Waals surface area contributed by atoms with Crippen molar-refractivity contribution in [2.45, 2.75) is 50.4 Å². The minimum Gasteiger partial charge on any atom is -0.480 e. The normalized spacial score (nSPS) is 14.3. The average Bonchev–Trinajstić information content (AvgIpc) is 2.75. The lowest BCUT2D eigenvalue weighted by atomic mass is 10.0. The van der Waals surface area contributed by atoms with Crippen molar-refractivity contribution in [1.82, 2.24) is 16.0 Å². The Morgan fingerprint density at radius 1 is 0.938 bits per heavy atom. The van der Waals surface area contributed by atoms with Crippen LogP contribution in [0.15, 0.2) is 30.3 Å². The number of carbonyl (C=O) groups is 5. The lowest BCUT2D eigenvalue weighted by Crippen LogP contribution is -2.57. The van der Waals surface area contributed by atoms with E-state index in [9.17, 15) is 29.1 Å². The third-order valence-electron chi connectivity index (χ3n) is 4.50. The zero-order chi connectivity index (χ0) is 24.3. The molecule has 0 saturated heterocycles. The van der Waals surface area contributed by atoms with Crippen LogP contribution in [0.5, 0.6) is 0 Å². The number of carboxylic acids is 1. The zero-order valence-electron chi connectivity index (χ0n) is 17.6. The summed E-state index contributed by atoms with van der Waals surface area (Å²) in [5.41, 5.74) is 11.2. The van der Waals surface area contributed by atoms with Gasteiger partial charge in [0, 0.05) is 12.8 Å². The number of benzene rings is 1. The molecule has 0 heterocycles. The van der Waals surface area contributed by atoms with Gasteiger partial charge in [-0.3, -0.25) is 19.2 Å². The maximum absolute atomic E-state index is 12.8. The lowest BCUT2D eigenvalue weighted by Gasteiger charge is -2.23. The lowest BCUT2D eigenvalue weighted by molar-refractivity contribution is -0.142. The van der Waals surface area contributed by atoms with Crippen LogP contribution >= 0.6 is 0 Å². The summed E-state index contributed by atoms with van der Waals surface area (Å²) in [6.45, 7) is 0.716. The van der Waals surface area contributed by atoms with Crippen LogP contribution in [0, 0.1) is 0 Å². The summed E-state index contributed by atoms with van der Waals surface area (Å²) in [4.78, 5) is 59.4. The van der Waals surface area contributed by atoms with Crippen molar-refractivity contribution >= 4 is 29.6 Å². The Labute approximate surface area is 184 Å². The number of hydrogen-bond donors (Lipinski definition) is 7. The predicted molar refractivity (Wildman–Crippen MR) is 113 cm³/mol. The number of hydrogen-bond acceptors (Lipinski definition) is 7.